The molecule has 2 rings (SSSR count). The molecule has 26 heavy (non-hydrogen) atoms. The van der Waals surface area contributed by atoms with Gasteiger partial charge in [-0.25, -0.2) is 4.79 Å². The van der Waals surface area contributed by atoms with Crippen LogP contribution in [0.1, 0.15) is 25.3 Å². The van der Waals surface area contributed by atoms with Crippen LogP contribution < -0.4 is 10.5 Å². The van der Waals surface area contributed by atoms with Gasteiger partial charge in [0.05, 0.1) is 18.1 Å². The average molecular weight is 368 g/mol. The van der Waals surface area contributed by atoms with Crippen molar-refractivity contribution in [3.05, 3.63) is 52.6 Å². The van der Waals surface area contributed by atoms with Crippen LogP contribution in [0.4, 0.5) is 13.2 Å². The van der Waals surface area contributed by atoms with Gasteiger partial charge in [0, 0.05) is 0 Å². The Labute approximate surface area is 147 Å². The number of halogens is 3. The van der Waals surface area contributed by atoms with Crippen molar-refractivity contribution in [1.82, 2.24) is 0 Å². The van der Waals surface area contributed by atoms with Crippen LogP contribution in [0.5, 0.6) is 5.75 Å². The fourth-order valence-corrected chi connectivity index (χ4v) is 2.55. The molecule has 1 aromatic carbocycles. The summed E-state index contributed by atoms with van der Waals surface area (Å²) in [6, 6.07) is 6.68. The van der Waals surface area contributed by atoms with E-state index >= 15 is 0 Å². The van der Waals surface area contributed by atoms with Crippen LogP contribution >= 0.6 is 0 Å². The van der Waals surface area contributed by atoms with Crippen molar-refractivity contribution >= 4 is 5.97 Å². The van der Waals surface area contributed by atoms with Gasteiger partial charge in [-0.3, -0.25) is 0 Å². The van der Waals surface area contributed by atoms with Crippen molar-refractivity contribution < 1.29 is 32.2 Å². The van der Waals surface area contributed by atoms with Gasteiger partial charge in [0.15, 0.2) is 0 Å². The molecule has 0 aliphatic carbocycles. The molecule has 0 aromatic heterocycles. The Morgan fingerprint density at radius 2 is 1.96 bits per heavy atom. The lowest BCUT2D eigenvalue weighted by Crippen LogP contribution is -2.25. The lowest BCUT2D eigenvalue weighted by atomic mass is 9.83. The molecule has 0 bridgehead atoms. The fraction of sp³-hybridized carbons (Fsp3) is 0.294. The number of hydrogen-bond donors (Lipinski definition) is 1. The minimum Gasteiger partial charge on any atom is -0.463 e. The van der Waals surface area contributed by atoms with Crippen LogP contribution in [0.2, 0.25) is 0 Å². The van der Waals surface area contributed by atoms with Crippen LogP contribution in [0, 0.1) is 11.3 Å². The highest BCUT2D eigenvalue weighted by Crippen LogP contribution is 2.40. The molecular formula is C17H15F3N2O4. The number of allylic oxidation sites excluding steroid dienone is 2. The summed E-state index contributed by atoms with van der Waals surface area (Å²) in [7, 11) is 0. The van der Waals surface area contributed by atoms with Gasteiger partial charge in [0.1, 0.15) is 23.2 Å². The van der Waals surface area contributed by atoms with Crippen molar-refractivity contribution in [1.29, 1.82) is 5.26 Å². The Kier molecular flexibility index (Phi) is 5.45. The van der Waals surface area contributed by atoms with Crippen LogP contribution in [0.15, 0.2) is 47.1 Å². The van der Waals surface area contributed by atoms with E-state index in [0.29, 0.717) is 5.56 Å². The number of carbonyl (C=O) groups excluding carboxylic acids is 1. The van der Waals surface area contributed by atoms with E-state index in [9.17, 15) is 23.2 Å². The summed E-state index contributed by atoms with van der Waals surface area (Å²) in [6.45, 7) is 3.20. The molecule has 1 heterocycles. The van der Waals surface area contributed by atoms with E-state index in [0.717, 1.165) is 12.1 Å². The molecule has 1 aliphatic rings. The minimum absolute atomic E-state index is 0.0388. The zero-order valence-corrected chi connectivity index (χ0v) is 13.9. The normalized spacial score (nSPS) is 17.5. The molecule has 0 fully saturated rings. The highest BCUT2D eigenvalue weighted by atomic mass is 19.4. The second kappa shape index (κ2) is 7.39. The number of hydrogen-bond acceptors (Lipinski definition) is 6. The first-order valence-electron chi connectivity index (χ1n) is 7.49. The van der Waals surface area contributed by atoms with Crippen LogP contribution in [0.25, 0.3) is 0 Å². The Bertz CT molecular complexity index is 805. The average Bonchev–Trinajstić information content (AvgIpc) is 2.53. The van der Waals surface area contributed by atoms with Gasteiger partial charge in [-0.15, -0.1) is 13.2 Å². The smallest absolute Gasteiger partial charge is 0.463 e. The molecule has 1 atom stereocenters. The third-order valence-corrected chi connectivity index (χ3v) is 3.55. The molecule has 1 unspecified atom stereocenters. The van der Waals surface area contributed by atoms with E-state index in [2.05, 4.69) is 4.74 Å². The van der Waals surface area contributed by atoms with E-state index < -0.39 is 24.0 Å². The number of ether oxygens (including phenoxy) is 3. The summed E-state index contributed by atoms with van der Waals surface area (Å²) in [5.41, 5.74) is 6.12. The van der Waals surface area contributed by atoms with Crippen LogP contribution in [0.3, 0.4) is 0 Å². The van der Waals surface area contributed by atoms with Crippen molar-refractivity contribution in [2.45, 2.75) is 26.1 Å². The number of carbonyl (C=O) groups is 1. The summed E-state index contributed by atoms with van der Waals surface area (Å²) < 4.78 is 51.0. The molecule has 1 aromatic rings. The maximum Gasteiger partial charge on any atom is 0.573 e. The summed E-state index contributed by atoms with van der Waals surface area (Å²) in [6.07, 6.45) is -4.82. The Morgan fingerprint density at radius 3 is 2.46 bits per heavy atom. The van der Waals surface area contributed by atoms with E-state index in [-0.39, 0.29) is 29.4 Å². The molecular weight excluding hydrogens is 353 g/mol. The molecule has 0 spiro atoms. The quantitative estimate of drug-likeness (QED) is 0.820. The predicted octanol–water partition coefficient (Wildman–Crippen LogP) is 3.23. The molecule has 9 heteroatoms. The van der Waals surface area contributed by atoms with Crippen molar-refractivity contribution in [3.8, 4) is 11.8 Å². The SMILES string of the molecule is CCOC(=O)C1=C(C)OC(N)=C(C#N)C1c1ccc(OC(F)(F)F)cc1. The predicted molar refractivity (Wildman–Crippen MR) is 83.1 cm³/mol. The monoisotopic (exact) mass is 368 g/mol. The van der Waals surface area contributed by atoms with Gasteiger partial charge in [-0.1, -0.05) is 12.1 Å². The van der Waals surface area contributed by atoms with Gasteiger partial charge >= 0.3 is 12.3 Å². The standard InChI is InChI=1S/C17H15F3N2O4/c1-3-24-16(23)13-9(2)25-15(22)12(8-21)14(13)10-4-6-11(7-5-10)26-17(18,19)20/h4-7,14H,3,22H2,1-2H3. The van der Waals surface area contributed by atoms with Crippen molar-refractivity contribution in [2.24, 2.45) is 5.73 Å². The second-order valence-corrected chi connectivity index (χ2v) is 5.23. The number of nitrogens with zero attached hydrogens (tertiary/aromatic N) is 1. The summed E-state index contributed by atoms with van der Waals surface area (Å²) in [5, 5.41) is 9.40. The number of esters is 1. The third kappa shape index (κ3) is 4.08. The number of nitrogens with two attached hydrogens (primary N) is 1. The Hall–Kier alpha value is -3.15. The molecule has 138 valence electrons. The van der Waals surface area contributed by atoms with Crippen molar-refractivity contribution in [2.75, 3.05) is 6.61 Å². The number of nitriles is 1. The van der Waals surface area contributed by atoms with Gasteiger partial charge in [-0.05, 0) is 31.5 Å². The van der Waals surface area contributed by atoms with Crippen molar-refractivity contribution in [3.63, 3.8) is 0 Å². The Balaban J connectivity index is 2.48. The molecule has 2 N–H and O–H groups in total. The second-order valence-electron chi connectivity index (χ2n) is 5.23. The maximum absolute atomic E-state index is 12.3. The fourth-order valence-electron chi connectivity index (χ4n) is 2.55. The van der Waals surface area contributed by atoms with E-state index in [4.69, 9.17) is 15.2 Å². The topological polar surface area (TPSA) is 94.6 Å². The van der Waals surface area contributed by atoms with Crippen LogP contribution in [-0.2, 0) is 14.3 Å². The lowest BCUT2D eigenvalue weighted by Gasteiger charge is -2.26. The third-order valence-electron chi connectivity index (χ3n) is 3.55. The van der Waals surface area contributed by atoms with Gasteiger partial charge in [-0.2, -0.15) is 5.26 Å². The lowest BCUT2D eigenvalue weighted by molar-refractivity contribution is -0.274. The maximum atomic E-state index is 12.3. The first-order chi connectivity index (χ1) is 12.2. The number of alkyl halides is 3. The van der Waals surface area contributed by atoms with Gasteiger partial charge in [0.25, 0.3) is 0 Å². The number of benzene rings is 1. The van der Waals surface area contributed by atoms with Crippen LogP contribution in [-0.4, -0.2) is 18.9 Å². The molecule has 0 radical (unpaired) electrons. The zero-order chi connectivity index (χ0) is 19.5. The molecule has 0 saturated carbocycles. The highest BCUT2D eigenvalue weighted by Gasteiger charge is 2.36. The zero-order valence-electron chi connectivity index (χ0n) is 13.9. The van der Waals surface area contributed by atoms with E-state index in [1.165, 1.54) is 19.1 Å². The summed E-state index contributed by atoms with van der Waals surface area (Å²) >= 11 is 0. The molecule has 6 nitrogen and oxygen atoms in total. The van der Waals surface area contributed by atoms with Gasteiger partial charge < -0.3 is 19.9 Å². The first kappa shape index (κ1) is 19.2. The summed E-state index contributed by atoms with van der Waals surface area (Å²) in [4.78, 5) is 12.3. The highest BCUT2D eigenvalue weighted by molar-refractivity contribution is 5.92. The Morgan fingerprint density at radius 1 is 1.35 bits per heavy atom. The largest absolute Gasteiger partial charge is 0.573 e. The minimum atomic E-state index is -4.82. The number of rotatable bonds is 4. The van der Waals surface area contributed by atoms with E-state index in [1.54, 1.807) is 6.92 Å². The summed E-state index contributed by atoms with van der Waals surface area (Å²) in [5.74, 6) is -2.08. The molecule has 0 saturated heterocycles. The van der Waals surface area contributed by atoms with E-state index in [1.807, 2.05) is 6.07 Å². The first-order valence-corrected chi connectivity index (χ1v) is 7.49. The molecule has 0 amide bonds. The van der Waals surface area contributed by atoms with Gasteiger partial charge in [0.2, 0.25) is 5.88 Å². The molecule has 1 aliphatic heterocycles.